The average Bonchev–Trinajstić information content (AvgIpc) is 3.57. The van der Waals surface area contributed by atoms with E-state index in [1.54, 1.807) is 18.3 Å². The van der Waals surface area contributed by atoms with E-state index in [2.05, 4.69) is 103 Å². The average molecular weight is 558 g/mol. The van der Waals surface area contributed by atoms with Crippen LogP contribution in [0.25, 0.3) is 27.6 Å². The summed E-state index contributed by atoms with van der Waals surface area (Å²) in [6.07, 6.45) is 1.59. The first-order valence-electron chi connectivity index (χ1n) is 15.5. The predicted molar refractivity (Wildman–Crippen MR) is 174 cm³/mol. The summed E-state index contributed by atoms with van der Waals surface area (Å²) in [6.45, 7) is 6.77. The van der Waals surface area contributed by atoms with Crippen molar-refractivity contribution in [1.29, 1.82) is 0 Å². The largest absolute Gasteiger partial charge is 0.294 e. The molecule has 0 amide bonds. The highest BCUT2D eigenvalue weighted by atomic mass is 28.3. The van der Waals surface area contributed by atoms with Crippen molar-refractivity contribution in [2.45, 2.75) is 39.8 Å². The van der Waals surface area contributed by atoms with Crippen LogP contribution in [0.3, 0.4) is 0 Å². The molecule has 0 atom stereocenters. The summed E-state index contributed by atoms with van der Waals surface area (Å²) in [6, 6.07) is 35.4. The van der Waals surface area contributed by atoms with Crippen molar-refractivity contribution in [3.05, 3.63) is 115 Å². The molecule has 7 rings (SSSR count). The first-order valence-corrected chi connectivity index (χ1v) is 17.0. The van der Waals surface area contributed by atoms with Crippen LogP contribution in [0.1, 0.15) is 23.5 Å². The van der Waals surface area contributed by atoms with Gasteiger partial charge >= 0.3 is 0 Å². The molecule has 1 aliphatic rings. The fourth-order valence-corrected chi connectivity index (χ4v) is 8.24. The molecule has 0 radical (unpaired) electrons. The zero-order chi connectivity index (χ0) is 30.8. The van der Waals surface area contributed by atoms with Gasteiger partial charge in [-0.2, -0.15) is 5.06 Å². The van der Waals surface area contributed by atoms with Gasteiger partial charge in [0.2, 0.25) is 0 Å². The molecule has 0 saturated carbocycles. The van der Waals surface area contributed by atoms with Crippen LogP contribution in [0.15, 0.2) is 109 Å². The maximum absolute atomic E-state index is 7.97. The Morgan fingerprint density at radius 1 is 0.756 bits per heavy atom. The van der Waals surface area contributed by atoms with Crippen molar-refractivity contribution in [3.8, 4) is 5.82 Å². The third-order valence-corrected chi connectivity index (χ3v) is 11.7. The lowest BCUT2D eigenvalue weighted by atomic mass is 10.1. The van der Waals surface area contributed by atoms with Gasteiger partial charge < -0.3 is 0 Å². The molecule has 0 unspecified atom stereocenters. The van der Waals surface area contributed by atoms with E-state index in [-0.39, 0.29) is 11.6 Å². The van der Waals surface area contributed by atoms with Crippen molar-refractivity contribution in [1.82, 2.24) is 9.55 Å². The molecule has 204 valence electrons. The lowest BCUT2D eigenvalue weighted by molar-refractivity contribution is 0.113. The van der Waals surface area contributed by atoms with Gasteiger partial charge in [0.05, 0.1) is 34.1 Å². The minimum absolute atomic E-state index is 0.184. The molecule has 2 aromatic heterocycles. The molecule has 0 spiro atoms. The van der Waals surface area contributed by atoms with Gasteiger partial charge in [-0.1, -0.05) is 78.1 Å². The van der Waals surface area contributed by atoms with E-state index < -0.39 is 14.9 Å². The molecule has 0 saturated heterocycles. The minimum Gasteiger partial charge on any atom is -0.294 e. The fourth-order valence-electron chi connectivity index (χ4n) is 5.89. The number of pyridine rings is 1. The predicted octanol–water partition coefficient (Wildman–Crippen LogP) is 7.52. The monoisotopic (exact) mass is 557 g/mol. The Morgan fingerprint density at radius 2 is 1.51 bits per heavy atom. The van der Waals surface area contributed by atoms with Crippen molar-refractivity contribution in [3.63, 3.8) is 0 Å². The maximum Gasteiger partial charge on any atom is 0.137 e. The van der Waals surface area contributed by atoms with E-state index in [0.717, 1.165) is 38.9 Å². The van der Waals surface area contributed by atoms with E-state index in [9.17, 15) is 0 Å². The van der Waals surface area contributed by atoms with Crippen LogP contribution < -0.4 is 20.5 Å². The molecular weight excluding hydrogens is 520 g/mol. The van der Waals surface area contributed by atoms with Gasteiger partial charge in [-0.25, -0.2) is 10.0 Å². The van der Waals surface area contributed by atoms with Crippen LogP contribution in [0.2, 0.25) is 13.1 Å². The number of para-hydroxylation sites is 3. The first-order chi connectivity index (χ1) is 21.0. The molecular formula is C35H34N4OSi. The van der Waals surface area contributed by atoms with Crippen LogP contribution in [0.4, 0.5) is 17.1 Å². The van der Waals surface area contributed by atoms with Gasteiger partial charge in [0.25, 0.3) is 0 Å². The second kappa shape index (κ2) is 9.61. The van der Waals surface area contributed by atoms with Crippen LogP contribution >= 0.6 is 0 Å². The number of rotatable bonds is 5. The van der Waals surface area contributed by atoms with E-state index in [1.807, 2.05) is 34.4 Å². The Balaban J connectivity index is 1.34. The number of aryl methyl sites for hydroxylation is 1. The topological polar surface area (TPSA) is 33.5 Å². The van der Waals surface area contributed by atoms with Crippen molar-refractivity contribution < 1.29 is 9.05 Å². The van der Waals surface area contributed by atoms with Gasteiger partial charge in [0, 0.05) is 21.1 Å². The van der Waals surface area contributed by atoms with Crippen LogP contribution in [-0.2, 0) is 4.94 Å². The van der Waals surface area contributed by atoms with Crippen LogP contribution in [-0.4, -0.2) is 23.7 Å². The molecule has 6 heteroatoms. The van der Waals surface area contributed by atoms with Crippen molar-refractivity contribution >= 4 is 57.3 Å². The van der Waals surface area contributed by atoms with Gasteiger partial charge in [-0.05, 0) is 74.8 Å². The summed E-state index contributed by atoms with van der Waals surface area (Å²) in [5, 5.41) is 8.64. The summed E-state index contributed by atoms with van der Waals surface area (Å²) in [5.41, 5.74) is 5.35. The second-order valence-electron chi connectivity index (χ2n) is 11.4. The highest BCUT2D eigenvalue weighted by Gasteiger charge is 2.32. The molecule has 6 aromatic rings. The standard InChI is InChI=1S/C35H34N4OSi/c1-24(2)38-32-15-8-9-16-33(32)39(40-38)26-11-10-12-27(22-26)41(4,5)28-17-18-30-29-13-6-7-14-31(29)37(34(30)23-28)35-21-25(3)19-20-36-35/h6-24H,1-5H3/i3D3. The third kappa shape index (κ3) is 4.14. The smallest absolute Gasteiger partial charge is 0.137 e. The second-order valence-corrected chi connectivity index (χ2v) is 15.9. The number of anilines is 3. The number of benzene rings is 4. The highest BCUT2D eigenvalue weighted by molar-refractivity contribution is 7.00. The summed E-state index contributed by atoms with van der Waals surface area (Å²) in [7, 11) is -2.22. The Hall–Kier alpha value is -4.39. The Labute approximate surface area is 246 Å². The SMILES string of the molecule is [2H]C([2H])([2H])c1ccnc(-n2c3ccccc3c3ccc([Si](C)(C)c4cccc(N5ON(C(C)C)c6ccccc65)c4)cc32)c1. The zero-order valence-electron chi connectivity index (χ0n) is 26.7. The molecule has 4 aromatic carbocycles. The zero-order valence-corrected chi connectivity index (χ0v) is 24.7. The Kier molecular flexibility index (Phi) is 5.23. The van der Waals surface area contributed by atoms with Crippen molar-refractivity contribution in [2.75, 3.05) is 10.1 Å². The normalized spacial score (nSPS) is 14.9. The third-order valence-electron chi connectivity index (χ3n) is 8.15. The molecule has 5 nitrogen and oxygen atoms in total. The van der Waals surface area contributed by atoms with Gasteiger partial charge in [-0.15, -0.1) is 4.94 Å². The van der Waals surface area contributed by atoms with Gasteiger partial charge in [-0.3, -0.25) is 4.57 Å². The maximum atomic E-state index is 7.97. The quantitative estimate of drug-likeness (QED) is 0.205. The number of hydroxylamine groups is 1. The van der Waals surface area contributed by atoms with Gasteiger partial charge in [0.1, 0.15) is 13.9 Å². The minimum atomic E-state index is -2.22. The lowest BCUT2D eigenvalue weighted by Gasteiger charge is -2.27. The summed E-state index contributed by atoms with van der Waals surface area (Å²) < 4.78 is 26.0. The Bertz CT molecular complexity index is 2030. The van der Waals surface area contributed by atoms with Crippen LogP contribution in [0, 0.1) is 6.85 Å². The van der Waals surface area contributed by atoms with E-state index in [1.165, 1.54) is 10.4 Å². The Morgan fingerprint density at radius 3 is 2.34 bits per heavy atom. The fraction of sp³-hybridized carbons (Fsp3) is 0.171. The summed E-state index contributed by atoms with van der Waals surface area (Å²) >= 11 is 0. The number of hydrogen-bond acceptors (Lipinski definition) is 4. The molecule has 0 fully saturated rings. The number of nitrogens with zero attached hydrogens (tertiary/aromatic N) is 4. The lowest BCUT2D eigenvalue weighted by Crippen LogP contribution is -2.53. The van der Waals surface area contributed by atoms with E-state index in [0.29, 0.717) is 5.82 Å². The molecule has 0 N–H and O–H groups in total. The number of fused-ring (bicyclic) bond motifs is 4. The summed E-state index contributed by atoms with van der Waals surface area (Å²) in [5.74, 6) is 0.600. The van der Waals surface area contributed by atoms with Gasteiger partial charge in [0.15, 0.2) is 0 Å². The molecule has 1 aliphatic heterocycles. The van der Waals surface area contributed by atoms with E-state index >= 15 is 0 Å². The first kappa shape index (κ1) is 22.3. The van der Waals surface area contributed by atoms with Crippen LogP contribution in [0.5, 0.6) is 0 Å². The molecule has 3 heterocycles. The number of hydrogen-bond donors (Lipinski definition) is 0. The molecule has 0 aliphatic carbocycles. The number of aromatic nitrogens is 2. The highest BCUT2D eigenvalue weighted by Crippen LogP contribution is 2.42. The molecule has 41 heavy (non-hydrogen) atoms. The van der Waals surface area contributed by atoms with E-state index in [4.69, 9.17) is 9.05 Å². The summed E-state index contributed by atoms with van der Waals surface area (Å²) in [4.78, 5) is 11.0. The molecule has 0 bridgehead atoms. The van der Waals surface area contributed by atoms with Crippen molar-refractivity contribution in [2.24, 2.45) is 0 Å².